The number of hydrogen-bond acceptors (Lipinski definition) is 4. The SMILES string of the molecule is CC1=C(C=P(c2ccccc2)(c2ccccc2)c2ccccc2)CSC2C(NC(=O)CSc3ccccc3)C(=O)N12. The number of carbonyl (C=O) groups is 2. The minimum absolute atomic E-state index is 0.0354. The summed E-state index contributed by atoms with van der Waals surface area (Å²) in [7, 11) is 0. The van der Waals surface area contributed by atoms with Gasteiger partial charge in [-0.25, -0.2) is 0 Å². The van der Waals surface area contributed by atoms with E-state index in [1.54, 1.807) is 11.8 Å². The number of fused-ring (bicyclic) bond motifs is 1. The first-order chi connectivity index (χ1) is 20.1. The van der Waals surface area contributed by atoms with Crippen LogP contribution in [0.5, 0.6) is 0 Å². The molecule has 1 N–H and O–H groups in total. The standard InChI is InChI=1S/C34H31N2O2PS2/c1-25-26(23-41-34-32(33(38)36(25)34)35-31(37)24-40-30-20-12-5-13-21-30)22-39(27-14-6-2-7-15-27,28-16-8-3-9-17-28)29-18-10-4-11-19-29/h2-22,32,34H,23-24H2,1H3,(H,35,37). The van der Waals surface area contributed by atoms with Crippen LogP contribution in [0.25, 0.3) is 0 Å². The smallest absolute Gasteiger partial charge is 0.253 e. The molecule has 2 aliphatic heterocycles. The quantitative estimate of drug-likeness (QED) is 0.172. The van der Waals surface area contributed by atoms with Crippen LogP contribution in [0.1, 0.15) is 6.92 Å². The van der Waals surface area contributed by atoms with Gasteiger partial charge in [-0.15, -0.1) is 23.5 Å². The highest BCUT2D eigenvalue weighted by Crippen LogP contribution is 2.47. The fraction of sp³-hybridized carbons (Fsp3) is 0.147. The van der Waals surface area contributed by atoms with Crippen LogP contribution in [0.15, 0.2) is 137 Å². The van der Waals surface area contributed by atoms with Crippen molar-refractivity contribution in [3.63, 3.8) is 0 Å². The van der Waals surface area contributed by atoms with Crippen molar-refractivity contribution in [1.82, 2.24) is 10.2 Å². The predicted molar refractivity (Wildman–Crippen MR) is 176 cm³/mol. The first kappa shape index (κ1) is 27.7. The van der Waals surface area contributed by atoms with Crippen LogP contribution >= 0.6 is 30.4 Å². The average molecular weight is 595 g/mol. The lowest BCUT2D eigenvalue weighted by atomic mass is 10.0. The third-order valence-electron chi connectivity index (χ3n) is 7.55. The minimum Gasteiger partial charge on any atom is -0.341 e. The molecule has 2 heterocycles. The summed E-state index contributed by atoms with van der Waals surface area (Å²) in [6.45, 7) is -0.133. The molecule has 4 aromatic rings. The summed E-state index contributed by atoms with van der Waals surface area (Å²) in [6.07, 6.45) is 0. The van der Waals surface area contributed by atoms with Crippen LogP contribution in [-0.2, 0) is 9.59 Å². The fourth-order valence-electron chi connectivity index (χ4n) is 5.46. The van der Waals surface area contributed by atoms with Crippen molar-refractivity contribution in [1.29, 1.82) is 0 Å². The number of nitrogens with zero attached hydrogens (tertiary/aromatic N) is 1. The number of hydrogen-bond donors (Lipinski definition) is 1. The lowest BCUT2D eigenvalue weighted by molar-refractivity contribution is -0.145. The number of benzene rings is 4. The van der Waals surface area contributed by atoms with Gasteiger partial charge in [0.05, 0.1) is 5.75 Å². The lowest BCUT2D eigenvalue weighted by Gasteiger charge is -2.50. The molecule has 0 saturated carbocycles. The van der Waals surface area contributed by atoms with Gasteiger partial charge in [0.1, 0.15) is 11.4 Å². The maximum Gasteiger partial charge on any atom is 0.253 e. The molecule has 0 spiro atoms. The van der Waals surface area contributed by atoms with E-state index in [2.05, 4.69) is 109 Å². The van der Waals surface area contributed by atoms with E-state index in [0.29, 0.717) is 0 Å². The van der Waals surface area contributed by atoms with Crippen molar-refractivity contribution in [2.75, 3.05) is 11.5 Å². The van der Waals surface area contributed by atoms with E-state index < -0.39 is 12.9 Å². The molecule has 41 heavy (non-hydrogen) atoms. The number of amides is 2. The van der Waals surface area contributed by atoms with Crippen molar-refractivity contribution in [3.8, 4) is 0 Å². The molecule has 0 aromatic heterocycles. The van der Waals surface area contributed by atoms with Crippen molar-refractivity contribution in [2.45, 2.75) is 23.2 Å². The van der Waals surface area contributed by atoms with Gasteiger partial charge in [-0.2, -0.15) is 0 Å². The van der Waals surface area contributed by atoms with Crippen molar-refractivity contribution < 1.29 is 9.59 Å². The number of carbonyl (C=O) groups excluding carboxylic acids is 2. The third kappa shape index (κ3) is 5.44. The summed E-state index contributed by atoms with van der Waals surface area (Å²) in [4.78, 5) is 29.0. The van der Waals surface area contributed by atoms with Crippen LogP contribution in [0.3, 0.4) is 0 Å². The molecule has 206 valence electrons. The molecule has 6 rings (SSSR count). The largest absolute Gasteiger partial charge is 0.341 e. The topological polar surface area (TPSA) is 49.4 Å². The molecule has 4 nitrogen and oxygen atoms in total. The molecule has 0 aliphatic carbocycles. The molecule has 2 amide bonds. The molecule has 2 aliphatic rings. The van der Waals surface area contributed by atoms with Gasteiger partial charge >= 0.3 is 0 Å². The van der Waals surface area contributed by atoms with Gasteiger partial charge in [0.25, 0.3) is 5.91 Å². The van der Waals surface area contributed by atoms with Crippen molar-refractivity contribution in [3.05, 3.63) is 133 Å². The van der Waals surface area contributed by atoms with Crippen molar-refractivity contribution >= 4 is 63.9 Å². The zero-order chi connectivity index (χ0) is 28.2. The van der Waals surface area contributed by atoms with Crippen LogP contribution in [0.2, 0.25) is 0 Å². The highest BCUT2D eigenvalue weighted by atomic mass is 32.2. The second-order valence-corrected chi connectivity index (χ2v) is 15.4. The summed E-state index contributed by atoms with van der Waals surface area (Å²) in [5, 5.41) is 6.75. The lowest BCUT2D eigenvalue weighted by Crippen LogP contribution is -2.69. The summed E-state index contributed by atoms with van der Waals surface area (Å²) in [5.74, 6) is 3.38. The number of rotatable bonds is 8. The van der Waals surface area contributed by atoms with Gasteiger partial charge in [0, 0.05) is 16.3 Å². The Morgan fingerprint density at radius 2 is 1.34 bits per heavy atom. The van der Waals surface area contributed by atoms with Gasteiger partial charge in [-0.3, -0.25) is 14.5 Å². The van der Waals surface area contributed by atoms with E-state index in [4.69, 9.17) is 0 Å². The average Bonchev–Trinajstić information content (AvgIpc) is 3.03. The first-order valence-electron chi connectivity index (χ1n) is 13.6. The van der Waals surface area contributed by atoms with Gasteiger partial charge in [-0.1, -0.05) is 109 Å². The highest BCUT2D eigenvalue weighted by Gasteiger charge is 2.51. The van der Waals surface area contributed by atoms with Crippen LogP contribution in [0.4, 0.5) is 0 Å². The van der Waals surface area contributed by atoms with E-state index in [0.717, 1.165) is 16.3 Å². The van der Waals surface area contributed by atoms with Gasteiger partial charge in [0.15, 0.2) is 0 Å². The Bertz CT molecular complexity index is 1520. The van der Waals surface area contributed by atoms with Gasteiger partial charge < -0.3 is 5.32 Å². The molecular weight excluding hydrogens is 563 g/mol. The van der Waals surface area contributed by atoms with Crippen LogP contribution in [-0.4, -0.2) is 45.4 Å². The molecule has 0 bridgehead atoms. The third-order valence-corrected chi connectivity index (χ3v) is 13.9. The molecule has 4 aromatic carbocycles. The predicted octanol–water partition coefficient (Wildman–Crippen LogP) is 5.25. The van der Waals surface area contributed by atoms with E-state index in [1.165, 1.54) is 33.2 Å². The van der Waals surface area contributed by atoms with E-state index >= 15 is 0 Å². The second kappa shape index (κ2) is 12.2. The summed E-state index contributed by atoms with van der Waals surface area (Å²) >= 11 is 3.21. The van der Waals surface area contributed by atoms with Crippen molar-refractivity contribution in [2.24, 2.45) is 0 Å². The first-order valence-corrected chi connectivity index (χ1v) is 17.5. The summed E-state index contributed by atoms with van der Waals surface area (Å²) in [6, 6.07) is 41.6. The minimum atomic E-state index is -2.18. The van der Waals surface area contributed by atoms with Crippen LogP contribution < -0.4 is 21.2 Å². The van der Waals surface area contributed by atoms with E-state index in [9.17, 15) is 9.59 Å². The summed E-state index contributed by atoms with van der Waals surface area (Å²) in [5.41, 5.74) is 2.16. The Labute approximate surface area is 250 Å². The van der Waals surface area contributed by atoms with Gasteiger partial charge in [0.2, 0.25) is 5.91 Å². The Balaban J connectivity index is 1.33. The normalized spacial score (nSPS) is 18.4. The number of nitrogens with one attached hydrogen (secondary N) is 1. The van der Waals surface area contributed by atoms with E-state index in [-0.39, 0.29) is 22.9 Å². The fourth-order valence-corrected chi connectivity index (χ4v) is 11.8. The molecule has 7 heteroatoms. The Hall–Kier alpha value is -3.44. The molecule has 2 unspecified atom stereocenters. The molecule has 1 fully saturated rings. The monoisotopic (exact) mass is 594 g/mol. The number of β-lactam (4-membered cyclic amide) rings is 1. The Morgan fingerprint density at radius 1 is 0.854 bits per heavy atom. The number of thioether (sulfide) groups is 2. The molecular formula is C34H31N2O2PS2. The number of allylic oxidation sites excluding steroid dienone is 1. The Morgan fingerprint density at radius 3 is 1.85 bits per heavy atom. The summed E-state index contributed by atoms with van der Waals surface area (Å²) < 4.78 is 0. The second-order valence-electron chi connectivity index (χ2n) is 10.0. The Kier molecular flexibility index (Phi) is 8.25. The molecule has 1 saturated heterocycles. The highest BCUT2D eigenvalue weighted by molar-refractivity contribution is 8.00. The molecule has 0 radical (unpaired) electrons. The molecule has 2 atom stereocenters. The maximum atomic E-state index is 13.4. The van der Waals surface area contributed by atoms with E-state index in [1.807, 2.05) is 35.2 Å². The zero-order valence-corrected chi connectivity index (χ0v) is 25.2. The maximum absolute atomic E-state index is 13.4. The van der Waals surface area contributed by atoms with Crippen LogP contribution in [0, 0.1) is 0 Å². The van der Waals surface area contributed by atoms with Gasteiger partial charge in [-0.05, 0) is 53.2 Å². The zero-order valence-electron chi connectivity index (χ0n) is 22.7.